The number of nitrogen functional groups attached to an aromatic ring is 1. The molecule has 106 valence electrons. The lowest BCUT2D eigenvalue weighted by molar-refractivity contribution is 0.567. The van der Waals surface area contributed by atoms with Crippen LogP contribution >= 0.6 is 0 Å². The van der Waals surface area contributed by atoms with Crippen molar-refractivity contribution in [3.63, 3.8) is 0 Å². The van der Waals surface area contributed by atoms with Crippen LogP contribution in [0.25, 0.3) is 10.9 Å². The fourth-order valence-electron chi connectivity index (χ4n) is 2.10. The number of anilines is 1. The minimum absolute atomic E-state index is 0.0642. The molecule has 21 heavy (non-hydrogen) atoms. The number of benzene rings is 2. The Morgan fingerprint density at radius 1 is 1.05 bits per heavy atom. The molecule has 0 aliphatic carbocycles. The lowest BCUT2D eigenvalue weighted by atomic mass is 10.2. The summed E-state index contributed by atoms with van der Waals surface area (Å²) in [6.07, 6.45) is 1.19. The van der Waals surface area contributed by atoms with Gasteiger partial charge in [0.1, 0.15) is 10.7 Å². The minimum Gasteiger partial charge on any atom is -0.397 e. The van der Waals surface area contributed by atoms with Crippen LogP contribution < -0.4 is 5.73 Å². The van der Waals surface area contributed by atoms with Crippen molar-refractivity contribution in [2.24, 2.45) is 0 Å². The van der Waals surface area contributed by atoms with E-state index < -0.39 is 15.7 Å². The maximum Gasteiger partial charge on any atom is 0.211 e. The minimum atomic E-state index is -3.95. The largest absolute Gasteiger partial charge is 0.397 e. The van der Waals surface area contributed by atoms with Gasteiger partial charge in [0, 0.05) is 11.6 Å². The van der Waals surface area contributed by atoms with E-state index in [9.17, 15) is 12.8 Å². The molecular formula is C15H11FN2O2S. The molecule has 0 spiro atoms. The average Bonchev–Trinajstić information content (AvgIpc) is 2.47. The third-order valence-electron chi connectivity index (χ3n) is 3.15. The summed E-state index contributed by atoms with van der Waals surface area (Å²) in [6.45, 7) is 0. The molecule has 6 heteroatoms. The fourth-order valence-corrected chi connectivity index (χ4v) is 3.41. The molecule has 2 aromatic carbocycles. The molecule has 1 aromatic heterocycles. The molecule has 1 heterocycles. The highest BCUT2D eigenvalue weighted by atomic mass is 32.2. The summed E-state index contributed by atoms with van der Waals surface area (Å²) in [5, 5.41) is 0.590. The number of aromatic nitrogens is 1. The van der Waals surface area contributed by atoms with E-state index in [4.69, 9.17) is 5.73 Å². The summed E-state index contributed by atoms with van der Waals surface area (Å²) >= 11 is 0. The molecule has 0 unspecified atom stereocenters. The van der Waals surface area contributed by atoms with E-state index in [0.29, 0.717) is 16.6 Å². The zero-order valence-electron chi connectivity index (χ0n) is 10.8. The van der Waals surface area contributed by atoms with E-state index in [1.807, 2.05) is 0 Å². The SMILES string of the molecule is Nc1cccc2cc(S(=O)(=O)c3ccccc3F)cnc12. The molecule has 3 rings (SSSR count). The molecule has 0 fully saturated rings. The van der Waals surface area contributed by atoms with Crippen LogP contribution in [0, 0.1) is 5.82 Å². The number of fused-ring (bicyclic) bond motifs is 1. The predicted octanol–water partition coefficient (Wildman–Crippen LogP) is 2.79. The van der Waals surface area contributed by atoms with Crippen LogP contribution in [0.4, 0.5) is 10.1 Å². The second kappa shape index (κ2) is 4.82. The van der Waals surface area contributed by atoms with Gasteiger partial charge in [0.05, 0.1) is 16.1 Å². The van der Waals surface area contributed by atoms with Crippen molar-refractivity contribution in [1.82, 2.24) is 4.98 Å². The van der Waals surface area contributed by atoms with E-state index in [2.05, 4.69) is 4.98 Å². The number of nitrogens with zero attached hydrogens (tertiary/aromatic N) is 1. The average molecular weight is 302 g/mol. The Labute approximate surface area is 121 Å². The molecule has 0 aliphatic heterocycles. The number of nitrogens with two attached hydrogens (primary N) is 1. The van der Waals surface area contributed by atoms with E-state index >= 15 is 0 Å². The molecule has 0 saturated heterocycles. The molecular weight excluding hydrogens is 291 g/mol. The monoisotopic (exact) mass is 302 g/mol. The lowest BCUT2D eigenvalue weighted by Gasteiger charge is -2.07. The number of sulfone groups is 1. The molecule has 0 saturated carbocycles. The number of rotatable bonds is 2. The van der Waals surface area contributed by atoms with Crippen LogP contribution in [0.15, 0.2) is 64.5 Å². The number of hydrogen-bond donors (Lipinski definition) is 1. The van der Waals surface area contributed by atoms with Crippen molar-refractivity contribution in [3.05, 3.63) is 60.5 Å². The Morgan fingerprint density at radius 2 is 1.81 bits per heavy atom. The third-order valence-corrected chi connectivity index (χ3v) is 4.91. The zero-order chi connectivity index (χ0) is 15.0. The second-order valence-electron chi connectivity index (χ2n) is 4.52. The van der Waals surface area contributed by atoms with Gasteiger partial charge in [-0.15, -0.1) is 0 Å². The first kappa shape index (κ1) is 13.5. The highest BCUT2D eigenvalue weighted by Crippen LogP contribution is 2.26. The maximum absolute atomic E-state index is 13.7. The van der Waals surface area contributed by atoms with Crippen molar-refractivity contribution in [3.8, 4) is 0 Å². The molecule has 2 N–H and O–H groups in total. The Kier molecular flexibility index (Phi) is 3.10. The van der Waals surface area contributed by atoms with Gasteiger partial charge in [0.15, 0.2) is 0 Å². The summed E-state index contributed by atoms with van der Waals surface area (Å²) in [5.41, 5.74) is 6.76. The number of halogens is 1. The Morgan fingerprint density at radius 3 is 2.57 bits per heavy atom. The quantitative estimate of drug-likeness (QED) is 0.739. The molecule has 4 nitrogen and oxygen atoms in total. The van der Waals surface area contributed by atoms with Crippen LogP contribution in [-0.2, 0) is 9.84 Å². The van der Waals surface area contributed by atoms with Gasteiger partial charge in [0.2, 0.25) is 9.84 Å². The Balaban J connectivity index is 2.23. The highest BCUT2D eigenvalue weighted by molar-refractivity contribution is 7.91. The highest BCUT2D eigenvalue weighted by Gasteiger charge is 2.22. The third kappa shape index (κ3) is 2.23. The molecule has 0 bridgehead atoms. The van der Waals surface area contributed by atoms with Crippen molar-refractivity contribution in [2.45, 2.75) is 9.79 Å². The summed E-state index contributed by atoms with van der Waals surface area (Å²) in [6, 6.07) is 11.8. The van der Waals surface area contributed by atoms with Crippen LogP contribution in [0.3, 0.4) is 0 Å². The van der Waals surface area contributed by atoms with Gasteiger partial charge in [-0.2, -0.15) is 0 Å². The summed E-state index contributed by atoms with van der Waals surface area (Å²) in [4.78, 5) is 3.65. The standard InChI is InChI=1S/C15H11FN2O2S/c16-12-5-1-2-7-14(12)21(19,20)11-8-10-4-3-6-13(17)15(10)18-9-11/h1-9H,17H2. The van der Waals surface area contributed by atoms with Crippen LogP contribution in [0.5, 0.6) is 0 Å². The van der Waals surface area contributed by atoms with Crippen LogP contribution in [0.1, 0.15) is 0 Å². The van der Waals surface area contributed by atoms with Gasteiger partial charge < -0.3 is 5.73 Å². The molecule has 0 radical (unpaired) electrons. The Bertz CT molecular complexity index is 939. The fraction of sp³-hybridized carbons (Fsp3) is 0. The van der Waals surface area contributed by atoms with Crippen LogP contribution in [0.2, 0.25) is 0 Å². The normalized spacial score (nSPS) is 11.7. The van der Waals surface area contributed by atoms with Crippen LogP contribution in [-0.4, -0.2) is 13.4 Å². The van der Waals surface area contributed by atoms with Gasteiger partial charge in [0.25, 0.3) is 0 Å². The molecule has 0 aliphatic rings. The Hall–Kier alpha value is -2.47. The van der Waals surface area contributed by atoms with E-state index in [-0.39, 0.29) is 9.79 Å². The first-order valence-corrected chi connectivity index (χ1v) is 7.62. The van der Waals surface area contributed by atoms with Gasteiger partial charge in [-0.25, -0.2) is 12.8 Å². The van der Waals surface area contributed by atoms with Crippen molar-refractivity contribution in [2.75, 3.05) is 5.73 Å². The first-order chi connectivity index (χ1) is 10.00. The zero-order valence-corrected chi connectivity index (χ0v) is 11.6. The van der Waals surface area contributed by atoms with E-state index in [0.717, 1.165) is 6.07 Å². The topological polar surface area (TPSA) is 73.1 Å². The van der Waals surface area contributed by atoms with Gasteiger partial charge >= 0.3 is 0 Å². The number of pyridine rings is 1. The molecule has 3 aromatic rings. The van der Waals surface area contributed by atoms with E-state index in [1.54, 1.807) is 18.2 Å². The van der Waals surface area contributed by atoms with Crippen molar-refractivity contribution in [1.29, 1.82) is 0 Å². The summed E-state index contributed by atoms with van der Waals surface area (Å²) < 4.78 is 38.7. The number of hydrogen-bond acceptors (Lipinski definition) is 4. The van der Waals surface area contributed by atoms with E-state index in [1.165, 1.54) is 30.5 Å². The summed E-state index contributed by atoms with van der Waals surface area (Å²) in [7, 11) is -3.95. The predicted molar refractivity (Wildman–Crippen MR) is 78.0 cm³/mol. The molecule has 0 atom stereocenters. The number of para-hydroxylation sites is 1. The van der Waals surface area contributed by atoms with Crippen molar-refractivity contribution >= 4 is 26.4 Å². The molecule has 0 amide bonds. The van der Waals surface area contributed by atoms with Gasteiger partial charge in [-0.05, 0) is 24.3 Å². The van der Waals surface area contributed by atoms with Crippen molar-refractivity contribution < 1.29 is 12.8 Å². The summed E-state index contributed by atoms with van der Waals surface area (Å²) in [5.74, 6) is -0.787. The van der Waals surface area contributed by atoms with Gasteiger partial charge in [-0.1, -0.05) is 24.3 Å². The van der Waals surface area contributed by atoms with Gasteiger partial charge in [-0.3, -0.25) is 4.98 Å². The lowest BCUT2D eigenvalue weighted by Crippen LogP contribution is -2.05. The second-order valence-corrected chi connectivity index (χ2v) is 6.44. The smallest absolute Gasteiger partial charge is 0.211 e. The maximum atomic E-state index is 13.7. The first-order valence-electron chi connectivity index (χ1n) is 6.14.